The predicted octanol–water partition coefficient (Wildman–Crippen LogP) is 1.98. The summed E-state index contributed by atoms with van der Waals surface area (Å²) >= 11 is 0. The van der Waals surface area contributed by atoms with E-state index in [1.807, 2.05) is 25.0 Å². The Kier molecular flexibility index (Phi) is 3.77. The maximum absolute atomic E-state index is 10.9. The summed E-state index contributed by atoms with van der Waals surface area (Å²) in [6.45, 7) is 3.28. The number of aryl methyl sites for hydroxylation is 1. The van der Waals surface area contributed by atoms with Crippen LogP contribution in [-0.4, -0.2) is 33.8 Å². The largest absolute Gasteiger partial charge is 0.334 e. The van der Waals surface area contributed by atoms with Crippen LogP contribution in [0, 0.1) is 0 Å². The van der Waals surface area contributed by atoms with E-state index >= 15 is 0 Å². The second-order valence-electron chi connectivity index (χ2n) is 4.87. The molecule has 0 N–H and O–H groups in total. The van der Waals surface area contributed by atoms with Crippen LogP contribution in [0.2, 0.25) is 0 Å². The molecule has 0 amide bonds. The molecule has 0 fully saturated rings. The van der Waals surface area contributed by atoms with Crippen LogP contribution in [0.1, 0.15) is 18.9 Å². The van der Waals surface area contributed by atoms with E-state index in [-0.39, 0.29) is 5.78 Å². The topological polar surface area (TPSA) is 38.1 Å². The molecule has 0 radical (unpaired) electrons. The SMILES string of the molecule is CC(=O)CCN(C)Cc1ccc2c(c1)ncn2C. The minimum atomic E-state index is 0.238. The van der Waals surface area contributed by atoms with E-state index in [9.17, 15) is 4.79 Å². The number of aromatic nitrogens is 2. The highest BCUT2D eigenvalue weighted by Gasteiger charge is 2.05. The molecule has 4 nitrogen and oxygen atoms in total. The minimum absolute atomic E-state index is 0.238. The molecule has 2 rings (SSSR count). The van der Waals surface area contributed by atoms with Crippen LogP contribution in [0.25, 0.3) is 11.0 Å². The molecule has 1 heterocycles. The van der Waals surface area contributed by atoms with Gasteiger partial charge >= 0.3 is 0 Å². The van der Waals surface area contributed by atoms with Gasteiger partial charge in [0.25, 0.3) is 0 Å². The van der Waals surface area contributed by atoms with Crippen LogP contribution in [0.4, 0.5) is 0 Å². The van der Waals surface area contributed by atoms with Gasteiger partial charge in [-0.3, -0.25) is 4.79 Å². The lowest BCUT2D eigenvalue weighted by Crippen LogP contribution is -2.20. The average molecular weight is 245 g/mol. The number of nitrogens with zero attached hydrogens (tertiary/aromatic N) is 3. The van der Waals surface area contributed by atoms with Crippen molar-refractivity contribution in [3.05, 3.63) is 30.1 Å². The number of Topliss-reactive ketones (excluding diaryl/α,β-unsaturated/α-hetero) is 1. The molecule has 1 aromatic carbocycles. The number of carbonyl (C=O) groups excluding carboxylic acids is 1. The summed E-state index contributed by atoms with van der Waals surface area (Å²) in [5.41, 5.74) is 3.40. The van der Waals surface area contributed by atoms with Gasteiger partial charge < -0.3 is 9.47 Å². The summed E-state index contributed by atoms with van der Waals surface area (Å²) in [6.07, 6.45) is 2.44. The monoisotopic (exact) mass is 245 g/mol. The van der Waals surface area contributed by atoms with E-state index in [1.165, 1.54) is 5.56 Å². The highest BCUT2D eigenvalue weighted by atomic mass is 16.1. The zero-order valence-electron chi connectivity index (χ0n) is 11.2. The number of hydrogen-bond donors (Lipinski definition) is 0. The van der Waals surface area contributed by atoms with Gasteiger partial charge in [0.15, 0.2) is 0 Å². The Morgan fingerprint density at radius 1 is 1.44 bits per heavy atom. The standard InChI is InChI=1S/C14H19N3O/c1-11(18)6-7-16(2)9-12-4-5-14-13(8-12)15-10-17(14)3/h4-5,8,10H,6-7,9H2,1-3H3. The van der Waals surface area contributed by atoms with E-state index in [0.29, 0.717) is 6.42 Å². The van der Waals surface area contributed by atoms with Gasteiger partial charge in [0.05, 0.1) is 17.4 Å². The molecular weight excluding hydrogens is 226 g/mol. The van der Waals surface area contributed by atoms with Crippen LogP contribution < -0.4 is 0 Å². The van der Waals surface area contributed by atoms with Crippen LogP contribution in [0.3, 0.4) is 0 Å². The van der Waals surface area contributed by atoms with Crippen molar-refractivity contribution in [2.75, 3.05) is 13.6 Å². The van der Waals surface area contributed by atoms with E-state index in [0.717, 1.165) is 24.1 Å². The van der Waals surface area contributed by atoms with Crippen LogP contribution in [0.15, 0.2) is 24.5 Å². The second-order valence-corrected chi connectivity index (χ2v) is 4.87. The van der Waals surface area contributed by atoms with Crippen molar-refractivity contribution in [1.29, 1.82) is 0 Å². The Morgan fingerprint density at radius 2 is 2.22 bits per heavy atom. The summed E-state index contributed by atoms with van der Waals surface area (Å²) in [7, 11) is 4.03. The highest BCUT2D eigenvalue weighted by molar-refractivity contribution is 5.76. The molecule has 18 heavy (non-hydrogen) atoms. The van der Waals surface area contributed by atoms with Gasteiger partial charge in [-0.05, 0) is 31.7 Å². The van der Waals surface area contributed by atoms with Gasteiger partial charge in [-0.2, -0.15) is 0 Å². The molecule has 4 heteroatoms. The molecule has 0 saturated carbocycles. The van der Waals surface area contributed by atoms with Crippen LogP contribution in [0.5, 0.6) is 0 Å². The summed E-state index contributed by atoms with van der Waals surface area (Å²) in [5, 5.41) is 0. The third-order valence-corrected chi connectivity index (χ3v) is 3.09. The molecule has 2 aromatic rings. The fourth-order valence-corrected chi connectivity index (χ4v) is 2.02. The summed E-state index contributed by atoms with van der Waals surface area (Å²) < 4.78 is 2.01. The molecular formula is C14H19N3O. The first kappa shape index (κ1) is 12.8. The number of hydrogen-bond acceptors (Lipinski definition) is 3. The highest BCUT2D eigenvalue weighted by Crippen LogP contribution is 2.14. The predicted molar refractivity (Wildman–Crippen MR) is 72.3 cm³/mol. The first-order valence-electron chi connectivity index (χ1n) is 6.14. The van der Waals surface area contributed by atoms with E-state index < -0.39 is 0 Å². The molecule has 0 saturated heterocycles. The van der Waals surface area contributed by atoms with Gasteiger partial charge in [0.1, 0.15) is 5.78 Å². The Balaban J connectivity index is 2.05. The quantitative estimate of drug-likeness (QED) is 0.808. The molecule has 96 valence electrons. The maximum Gasteiger partial charge on any atom is 0.131 e. The van der Waals surface area contributed by atoms with Crippen molar-refractivity contribution in [3.8, 4) is 0 Å². The second kappa shape index (κ2) is 5.31. The molecule has 0 bridgehead atoms. The zero-order chi connectivity index (χ0) is 13.1. The fraction of sp³-hybridized carbons (Fsp3) is 0.429. The van der Waals surface area contributed by atoms with Gasteiger partial charge in [-0.15, -0.1) is 0 Å². The normalized spacial score (nSPS) is 11.3. The van der Waals surface area contributed by atoms with Crippen molar-refractivity contribution < 1.29 is 4.79 Å². The smallest absolute Gasteiger partial charge is 0.131 e. The number of ketones is 1. The van der Waals surface area contributed by atoms with Crippen LogP contribution in [-0.2, 0) is 18.4 Å². The number of imidazole rings is 1. The van der Waals surface area contributed by atoms with E-state index in [4.69, 9.17) is 0 Å². The molecule has 0 aliphatic rings. The summed E-state index contributed by atoms with van der Waals surface area (Å²) in [6, 6.07) is 6.32. The minimum Gasteiger partial charge on any atom is -0.334 e. The number of carbonyl (C=O) groups is 1. The van der Waals surface area contributed by atoms with Gasteiger partial charge in [0, 0.05) is 26.6 Å². The lowest BCUT2D eigenvalue weighted by molar-refractivity contribution is -0.117. The first-order valence-corrected chi connectivity index (χ1v) is 6.14. The zero-order valence-corrected chi connectivity index (χ0v) is 11.2. The average Bonchev–Trinajstić information content (AvgIpc) is 2.68. The number of benzene rings is 1. The summed E-state index contributed by atoms with van der Waals surface area (Å²) in [5.74, 6) is 0.238. The molecule has 0 aliphatic carbocycles. The van der Waals surface area contributed by atoms with Crippen molar-refractivity contribution >= 4 is 16.8 Å². The fourth-order valence-electron chi connectivity index (χ4n) is 2.02. The summed E-state index contributed by atoms with van der Waals surface area (Å²) in [4.78, 5) is 17.4. The molecule has 0 aliphatic heterocycles. The Morgan fingerprint density at radius 3 is 2.94 bits per heavy atom. The van der Waals surface area contributed by atoms with Crippen molar-refractivity contribution in [3.63, 3.8) is 0 Å². The Bertz CT molecular complexity index is 559. The van der Waals surface area contributed by atoms with Crippen molar-refractivity contribution in [2.45, 2.75) is 19.9 Å². The Labute approximate surface area is 107 Å². The van der Waals surface area contributed by atoms with Gasteiger partial charge in [-0.1, -0.05) is 6.07 Å². The van der Waals surface area contributed by atoms with E-state index in [2.05, 4.69) is 28.1 Å². The maximum atomic E-state index is 10.9. The number of rotatable bonds is 5. The van der Waals surface area contributed by atoms with E-state index in [1.54, 1.807) is 6.92 Å². The lowest BCUT2D eigenvalue weighted by atomic mass is 10.2. The third kappa shape index (κ3) is 2.96. The number of fused-ring (bicyclic) bond motifs is 1. The Hall–Kier alpha value is -1.68. The van der Waals surface area contributed by atoms with Crippen molar-refractivity contribution in [1.82, 2.24) is 14.5 Å². The lowest BCUT2D eigenvalue weighted by Gasteiger charge is -2.15. The molecule has 0 atom stereocenters. The van der Waals surface area contributed by atoms with Crippen molar-refractivity contribution in [2.24, 2.45) is 7.05 Å². The van der Waals surface area contributed by atoms with Gasteiger partial charge in [0.2, 0.25) is 0 Å². The third-order valence-electron chi connectivity index (χ3n) is 3.09. The molecule has 0 spiro atoms. The van der Waals surface area contributed by atoms with Gasteiger partial charge in [-0.25, -0.2) is 4.98 Å². The molecule has 0 unspecified atom stereocenters. The van der Waals surface area contributed by atoms with Crippen LogP contribution >= 0.6 is 0 Å². The first-order chi connectivity index (χ1) is 8.56. The molecule has 1 aromatic heterocycles.